The highest BCUT2D eigenvalue weighted by molar-refractivity contribution is 7.10. The van der Waals surface area contributed by atoms with E-state index in [0.717, 1.165) is 17.7 Å². The lowest BCUT2D eigenvalue weighted by Gasteiger charge is -2.05. The van der Waals surface area contributed by atoms with Gasteiger partial charge in [0, 0.05) is 23.9 Å². The van der Waals surface area contributed by atoms with E-state index in [1.165, 1.54) is 0 Å². The quantitative estimate of drug-likeness (QED) is 0.740. The molecule has 0 atom stereocenters. The molecule has 2 N–H and O–H groups in total. The van der Waals surface area contributed by atoms with Crippen molar-refractivity contribution in [2.24, 2.45) is 5.92 Å². The van der Waals surface area contributed by atoms with Crippen LogP contribution in [0.1, 0.15) is 17.7 Å². The van der Waals surface area contributed by atoms with Gasteiger partial charge in [-0.05, 0) is 24.3 Å². The first kappa shape index (κ1) is 12.1. The van der Waals surface area contributed by atoms with E-state index < -0.39 is 0 Å². The van der Waals surface area contributed by atoms with Crippen LogP contribution in [0.4, 0.5) is 0 Å². The number of amides is 2. The Hall–Kier alpha value is -1.36. The van der Waals surface area contributed by atoms with Crippen LogP contribution in [0.2, 0.25) is 0 Å². The van der Waals surface area contributed by atoms with Crippen molar-refractivity contribution in [2.75, 3.05) is 13.1 Å². The van der Waals surface area contributed by atoms with Crippen LogP contribution in [0.15, 0.2) is 17.5 Å². The Morgan fingerprint density at radius 1 is 1.29 bits per heavy atom. The summed E-state index contributed by atoms with van der Waals surface area (Å²) in [6.45, 7) is 1.02. The summed E-state index contributed by atoms with van der Waals surface area (Å²) in [5.74, 6) is 0.363. The molecule has 17 heavy (non-hydrogen) atoms. The molecule has 1 fully saturated rings. The van der Waals surface area contributed by atoms with Crippen LogP contribution in [0, 0.1) is 5.92 Å². The maximum atomic E-state index is 11.5. The molecule has 0 saturated heterocycles. The molecule has 1 saturated carbocycles. The first-order valence-electron chi connectivity index (χ1n) is 5.82. The molecule has 1 aromatic rings. The predicted molar refractivity (Wildman–Crippen MR) is 66.8 cm³/mol. The van der Waals surface area contributed by atoms with E-state index in [9.17, 15) is 9.59 Å². The molecule has 2 amide bonds. The summed E-state index contributed by atoms with van der Waals surface area (Å²) in [6.07, 6.45) is 2.45. The first-order valence-corrected chi connectivity index (χ1v) is 6.70. The molecule has 0 aromatic carbocycles. The van der Waals surface area contributed by atoms with E-state index in [2.05, 4.69) is 10.6 Å². The van der Waals surface area contributed by atoms with E-state index in [-0.39, 0.29) is 17.7 Å². The molecule has 1 aliphatic rings. The summed E-state index contributed by atoms with van der Waals surface area (Å²) >= 11 is 1.58. The average Bonchev–Trinajstić information content (AvgIpc) is 3.04. The Labute approximate surface area is 104 Å². The van der Waals surface area contributed by atoms with Gasteiger partial charge in [-0.15, -0.1) is 11.3 Å². The van der Waals surface area contributed by atoms with Gasteiger partial charge in [-0.1, -0.05) is 6.07 Å². The summed E-state index contributed by atoms with van der Waals surface area (Å²) in [5, 5.41) is 7.55. The minimum Gasteiger partial charge on any atom is -0.354 e. The predicted octanol–water partition coefficient (Wildman–Crippen LogP) is 0.933. The zero-order valence-electron chi connectivity index (χ0n) is 9.57. The molecular formula is C12H16N2O2S. The molecular weight excluding hydrogens is 236 g/mol. The molecule has 4 nitrogen and oxygen atoms in total. The van der Waals surface area contributed by atoms with Gasteiger partial charge in [-0.25, -0.2) is 0 Å². The zero-order chi connectivity index (χ0) is 12.1. The van der Waals surface area contributed by atoms with Crippen LogP contribution in [-0.2, 0) is 16.0 Å². The van der Waals surface area contributed by atoms with Crippen LogP contribution in [-0.4, -0.2) is 24.9 Å². The third-order valence-electron chi connectivity index (χ3n) is 2.61. The summed E-state index contributed by atoms with van der Waals surface area (Å²) in [6, 6.07) is 3.88. The molecule has 0 unspecified atom stereocenters. The maximum Gasteiger partial charge on any atom is 0.225 e. The fourth-order valence-electron chi connectivity index (χ4n) is 1.51. The van der Waals surface area contributed by atoms with Crippen LogP contribution in [0.3, 0.4) is 0 Å². The van der Waals surface area contributed by atoms with Gasteiger partial charge in [-0.2, -0.15) is 0 Å². The monoisotopic (exact) mass is 252 g/mol. The Balaban J connectivity index is 1.55. The average molecular weight is 252 g/mol. The van der Waals surface area contributed by atoms with Gasteiger partial charge in [0.05, 0.1) is 6.42 Å². The van der Waals surface area contributed by atoms with Gasteiger partial charge in [0.25, 0.3) is 0 Å². The van der Waals surface area contributed by atoms with Gasteiger partial charge in [0.2, 0.25) is 11.8 Å². The molecule has 0 aliphatic heterocycles. The van der Waals surface area contributed by atoms with Crippen molar-refractivity contribution in [2.45, 2.75) is 19.3 Å². The molecule has 92 valence electrons. The Morgan fingerprint density at radius 3 is 2.71 bits per heavy atom. The normalized spacial score (nSPS) is 14.4. The van der Waals surface area contributed by atoms with E-state index >= 15 is 0 Å². The van der Waals surface area contributed by atoms with Crippen molar-refractivity contribution in [1.29, 1.82) is 0 Å². The molecule has 5 heteroatoms. The Bertz CT molecular complexity index is 385. The van der Waals surface area contributed by atoms with Gasteiger partial charge in [0.1, 0.15) is 0 Å². The summed E-state index contributed by atoms with van der Waals surface area (Å²) in [4.78, 5) is 23.8. The summed E-state index contributed by atoms with van der Waals surface area (Å²) in [5.41, 5.74) is 0. The van der Waals surface area contributed by atoms with Crippen molar-refractivity contribution in [3.63, 3.8) is 0 Å². The second kappa shape index (κ2) is 5.82. The number of hydrogen-bond acceptors (Lipinski definition) is 3. The molecule has 2 rings (SSSR count). The van der Waals surface area contributed by atoms with Crippen LogP contribution >= 0.6 is 11.3 Å². The van der Waals surface area contributed by atoms with E-state index in [1.807, 2.05) is 17.5 Å². The third-order valence-corrected chi connectivity index (χ3v) is 3.49. The van der Waals surface area contributed by atoms with Crippen molar-refractivity contribution in [3.05, 3.63) is 22.4 Å². The third kappa shape index (κ3) is 4.19. The largest absolute Gasteiger partial charge is 0.354 e. The minimum absolute atomic E-state index is 0.00752. The van der Waals surface area contributed by atoms with Crippen LogP contribution in [0.25, 0.3) is 0 Å². The molecule has 0 radical (unpaired) electrons. The highest BCUT2D eigenvalue weighted by Gasteiger charge is 2.28. The Morgan fingerprint density at radius 2 is 2.06 bits per heavy atom. The van der Waals surface area contributed by atoms with Gasteiger partial charge < -0.3 is 10.6 Å². The van der Waals surface area contributed by atoms with Gasteiger partial charge in [0.15, 0.2) is 0 Å². The van der Waals surface area contributed by atoms with Crippen LogP contribution < -0.4 is 10.6 Å². The smallest absolute Gasteiger partial charge is 0.225 e. The number of carbonyl (C=O) groups is 2. The molecule has 1 heterocycles. The van der Waals surface area contributed by atoms with Crippen molar-refractivity contribution >= 4 is 23.2 Å². The Kier molecular flexibility index (Phi) is 4.14. The summed E-state index contributed by atoms with van der Waals surface area (Å²) < 4.78 is 0. The lowest BCUT2D eigenvalue weighted by molar-refractivity contribution is -0.123. The fraction of sp³-hybridized carbons (Fsp3) is 0.500. The van der Waals surface area contributed by atoms with E-state index in [1.54, 1.807) is 11.3 Å². The number of rotatable bonds is 6. The second-order valence-corrected chi connectivity index (χ2v) is 5.20. The lowest BCUT2D eigenvalue weighted by atomic mass is 10.3. The minimum atomic E-state index is 0.00752. The maximum absolute atomic E-state index is 11.5. The molecule has 1 aromatic heterocycles. The van der Waals surface area contributed by atoms with Crippen molar-refractivity contribution < 1.29 is 9.59 Å². The highest BCUT2D eigenvalue weighted by atomic mass is 32.1. The molecule has 1 aliphatic carbocycles. The number of hydrogen-bond donors (Lipinski definition) is 2. The van der Waals surface area contributed by atoms with E-state index in [0.29, 0.717) is 19.5 Å². The zero-order valence-corrected chi connectivity index (χ0v) is 10.4. The number of thiophene rings is 1. The van der Waals surface area contributed by atoms with Crippen molar-refractivity contribution in [3.8, 4) is 0 Å². The second-order valence-electron chi connectivity index (χ2n) is 4.17. The van der Waals surface area contributed by atoms with Gasteiger partial charge in [-0.3, -0.25) is 9.59 Å². The highest BCUT2D eigenvalue weighted by Crippen LogP contribution is 2.28. The van der Waals surface area contributed by atoms with Gasteiger partial charge >= 0.3 is 0 Å². The SMILES string of the molecule is O=C(Cc1cccs1)NCCNC(=O)C1CC1. The molecule has 0 bridgehead atoms. The van der Waals surface area contributed by atoms with Crippen molar-refractivity contribution in [1.82, 2.24) is 10.6 Å². The lowest BCUT2D eigenvalue weighted by Crippen LogP contribution is -2.35. The number of carbonyl (C=O) groups excluding carboxylic acids is 2. The number of nitrogens with one attached hydrogen (secondary N) is 2. The van der Waals surface area contributed by atoms with E-state index in [4.69, 9.17) is 0 Å². The topological polar surface area (TPSA) is 58.2 Å². The fourth-order valence-corrected chi connectivity index (χ4v) is 2.21. The summed E-state index contributed by atoms with van der Waals surface area (Å²) in [7, 11) is 0. The van der Waals surface area contributed by atoms with Crippen LogP contribution in [0.5, 0.6) is 0 Å². The first-order chi connectivity index (χ1) is 8.25. The molecule has 0 spiro atoms. The standard InChI is InChI=1S/C12H16N2O2S/c15-11(8-10-2-1-7-17-10)13-5-6-14-12(16)9-3-4-9/h1-2,7,9H,3-6,8H2,(H,13,15)(H,14,16).